The molecule has 0 bridgehead atoms. The number of hydrogen-bond acceptors (Lipinski definition) is 8. The zero-order chi connectivity index (χ0) is 18.8. The second kappa shape index (κ2) is 7.67. The predicted molar refractivity (Wildman–Crippen MR) is 102 cm³/mol. The van der Waals surface area contributed by atoms with Gasteiger partial charge in [-0.05, 0) is 44.4 Å². The highest BCUT2D eigenvalue weighted by molar-refractivity contribution is 7.98. The molecule has 0 saturated carbocycles. The number of nitrogens with zero attached hydrogens (tertiary/aromatic N) is 3. The zero-order valence-electron chi connectivity index (χ0n) is 14.9. The first-order valence-electron chi connectivity index (χ1n) is 8.26. The van der Waals surface area contributed by atoms with Crippen molar-refractivity contribution in [2.45, 2.75) is 43.8 Å². The monoisotopic (exact) mass is 395 g/mol. The number of nitrogen functional groups attached to an aromatic ring is 1. The van der Waals surface area contributed by atoms with Gasteiger partial charge in [-0.2, -0.15) is 0 Å². The van der Waals surface area contributed by atoms with E-state index in [1.54, 1.807) is 11.5 Å². The molecule has 0 aliphatic heterocycles. The number of ether oxygens (including phenoxy) is 1. The van der Waals surface area contributed by atoms with Gasteiger partial charge in [-0.3, -0.25) is 9.36 Å². The van der Waals surface area contributed by atoms with E-state index < -0.39 is 12.0 Å². The standard InChI is InChI=1S/C16H21N5O3S2/c1-8(21-15(17)19-20-16(21)25-3)12(22)18-13-11(14(23)24-2)9-6-4-5-7-10(9)26-13/h8H,4-7H2,1-3H3,(H2,17,19)(H,18,22). The summed E-state index contributed by atoms with van der Waals surface area (Å²) in [5, 5.41) is 11.8. The Bertz CT molecular complexity index is 845. The first-order valence-corrected chi connectivity index (χ1v) is 10.3. The number of nitrogens with two attached hydrogens (primary N) is 1. The van der Waals surface area contributed by atoms with E-state index in [0.29, 0.717) is 15.7 Å². The van der Waals surface area contributed by atoms with E-state index in [0.717, 1.165) is 36.1 Å². The molecule has 0 fully saturated rings. The number of nitrogens with one attached hydrogen (secondary N) is 1. The Kier molecular flexibility index (Phi) is 5.52. The summed E-state index contributed by atoms with van der Waals surface area (Å²) in [5.74, 6) is -0.521. The summed E-state index contributed by atoms with van der Waals surface area (Å²) < 4.78 is 6.51. The van der Waals surface area contributed by atoms with Crippen molar-refractivity contribution in [2.75, 3.05) is 24.4 Å². The van der Waals surface area contributed by atoms with Crippen LogP contribution in [0.15, 0.2) is 5.16 Å². The van der Waals surface area contributed by atoms with Gasteiger partial charge in [0.15, 0.2) is 5.16 Å². The van der Waals surface area contributed by atoms with E-state index >= 15 is 0 Å². The number of thiophene rings is 1. The molecule has 0 spiro atoms. The quantitative estimate of drug-likeness (QED) is 0.591. The van der Waals surface area contributed by atoms with Crippen molar-refractivity contribution in [1.29, 1.82) is 0 Å². The normalized spacial score (nSPS) is 14.6. The van der Waals surface area contributed by atoms with E-state index in [9.17, 15) is 9.59 Å². The van der Waals surface area contributed by atoms with Gasteiger partial charge in [0.05, 0.1) is 12.7 Å². The van der Waals surface area contributed by atoms with E-state index in [-0.39, 0.29) is 11.9 Å². The summed E-state index contributed by atoms with van der Waals surface area (Å²) >= 11 is 2.81. The maximum absolute atomic E-state index is 12.8. The van der Waals surface area contributed by atoms with Crippen molar-refractivity contribution < 1.29 is 14.3 Å². The number of fused-ring (bicyclic) bond motifs is 1. The topological polar surface area (TPSA) is 112 Å². The molecule has 1 aliphatic carbocycles. The summed E-state index contributed by atoms with van der Waals surface area (Å²) in [6.07, 6.45) is 5.71. The second-order valence-corrected chi connectivity index (χ2v) is 7.87. The molecule has 2 heterocycles. The van der Waals surface area contributed by atoms with Gasteiger partial charge in [0.1, 0.15) is 11.0 Å². The zero-order valence-corrected chi connectivity index (χ0v) is 16.5. The molecule has 1 unspecified atom stereocenters. The molecule has 1 amide bonds. The molecule has 10 heteroatoms. The fraction of sp³-hybridized carbons (Fsp3) is 0.500. The van der Waals surface area contributed by atoms with Crippen LogP contribution in [0.2, 0.25) is 0 Å². The predicted octanol–water partition coefficient (Wildman–Crippen LogP) is 2.51. The maximum atomic E-state index is 12.8. The highest BCUT2D eigenvalue weighted by Crippen LogP contribution is 2.39. The number of esters is 1. The summed E-state index contributed by atoms with van der Waals surface area (Å²) in [6.45, 7) is 1.72. The number of amides is 1. The summed E-state index contributed by atoms with van der Waals surface area (Å²) in [5.41, 5.74) is 7.34. The SMILES string of the molecule is COC(=O)c1c(NC(=O)C(C)n2c(N)nnc2SC)sc2c1CCCC2. The Morgan fingerprint density at radius 2 is 2.08 bits per heavy atom. The third-order valence-corrected chi connectivity index (χ3v) is 6.29. The van der Waals surface area contributed by atoms with Crippen molar-refractivity contribution in [3.8, 4) is 0 Å². The van der Waals surface area contributed by atoms with Crippen molar-refractivity contribution in [3.05, 3.63) is 16.0 Å². The number of anilines is 2. The highest BCUT2D eigenvalue weighted by atomic mass is 32.2. The molecule has 2 aromatic rings. The number of methoxy groups -OCH3 is 1. The van der Waals surface area contributed by atoms with E-state index in [4.69, 9.17) is 10.5 Å². The van der Waals surface area contributed by atoms with Crippen LogP contribution in [0.4, 0.5) is 10.9 Å². The van der Waals surface area contributed by atoms with Crippen LogP contribution in [-0.4, -0.2) is 40.0 Å². The molecular weight excluding hydrogens is 374 g/mol. The van der Waals surface area contributed by atoms with Crippen LogP contribution in [0, 0.1) is 0 Å². The van der Waals surface area contributed by atoms with Gasteiger partial charge in [-0.15, -0.1) is 21.5 Å². The van der Waals surface area contributed by atoms with Crippen molar-refractivity contribution in [1.82, 2.24) is 14.8 Å². The molecule has 0 aromatic carbocycles. The molecule has 1 atom stereocenters. The Hall–Kier alpha value is -2.07. The van der Waals surface area contributed by atoms with Gasteiger partial charge < -0.3 is 15.8 Å². The maximum Gasteiger partial charge on any atom is 0.341 e. The lowest BCUT2D eigenvalue weighted by Crippen LogP contribution is -2.25. The number of aromatic nitrogens is 3. The van der Waals surface area contributed by atoms with Crippen molar-refractivity contribution in [2.24, 2.45) is 0 Å². The smallest absolute Gasteiger partial charge is 0.341 e. The number of aryl methyl sites for hydroxylation is 1. The molecule has 1 aliphatic rings. The lowest BCUT2D eigenvalue weighted by Gasteiger charge is -2.16. The molecule has 3 rings (SSSR count). The fourth-order valence-corrected chi connectivity index (χ4v) is 4.95. The minimum atomic E-state index is -0.614. The van der Waals surface area contributed by atoms with Gasteiger partial charge in [0, 0.05) is 4.88 Å². The minimum absolute atomic E-state index is 0.177. The molecule has 0 saturated heterocycles. The van der Waals surface area contributed by atoms with Crippen LogP contribution >= 0.6 is 23.1 Å². The number of carbonyl (C=O) groups excluding carboxylic acids is 2. The molecule has 8 nitrogen and oxygen atoms in total. The Labute approximate surface area is 159 Å². The molecule has 3 N–H and O–H groups in total. The third kappa shape index (κ3) is 3.30. The lowest BCUT2D eigenvalue weighted by atomic mass is 9.95. The third-order valence-electron chi connectivity index (χ3n) is 4.44. The summed E-state index contributed by atoms with van der Waals surface area (Å²) in [7, 11) is 1.35. The van der Waals surface area contributed by atoms with Crippen molar-refractivity contribution >= 4 is 45.9 Å². The van der Waals surface area contributed by atoms with Gasteiger partial charge >= 0.3 is 5.97 Å². The van der Waals surface area contributed by atoms with Crippen LogP contribution in [0.25, 0.3) is 0 Å². The first-order chi connectivity index (χ1) is 12.5. The Morgan fingerprint density at radius 3 is 2.77 bits per heavy atom. The number of carbonyl (C=O) groups is 2. The van der Waals surface area contributed by atoms with Crippen LogP contribution in [0.3, 0.4) is 0 Å². The summed E-state index contributed by atoms with van der Waals surface area (Å²) in [4.78, 5) is 26.2. The van der Waals surface area contributed by atoms with Gasteiger partial charge in [0.25, 0.3) is 0 Å². The van der Waals surface area contributed by atoms with Gasteiger partial charge in [-0.1, -0.05) is 11.8 Å². The number of rotatable bonds is 5. The Morgan fingerprint density at radius 1 is 1.35 bits per heavy atom. The largest absolute Gasteiger partial charge is 0.465 e. The first kappa shape index (κ1) is 18.7. The van der Waals surface area contributed by atoms with Crippen molar-refractivity contribution in [3.63, 3.8) is 0 Å². The van der Waals surface area contributed by atoms with Gasteiger partial charge in [0.2, 0.25) is 11.9 Å². The molecule has 2 aromatic heterocycles. The second-order valence-electron chi connectivity index (χ2n) is 5.99. The molecule has 140 valence electrons. The van der Waals surface area contributed by atoms with Crippen LogP contribution in [0.1, 0.15) is 46.6 Å². The Balaban J connectivity index is 1.91. The lowest BCUT2D eigenvalue weighted by molar-refractivity contribution is -0.118. The molecule has 26 heavy (non-hydrogen) atoms. The van der Waals surface area contributed by atoms with Crippen LogP contribution in [0.5, 0.6) is 0 Å². The minimum Gasteiger partial charge on any atom is -0.465 e. The van der Waals surface area contributed by atoms with Gasteiger partial charge in [-0.25, -0.2) is 4.79 Å². The molecule has 0 radical (unpaired) electrons. The molecular formula is C16H21N5O3S2. The van der Waals surface area contributed by atoms with E-state index in [1.165, 1.54) is 30.2 Å². The van der Waals surface area contributed by atoms with Crippen LogP contribution in [-0.2, 0) is 22.4 Å². The average Bonchev–Trinajstić information content (AvgIpc) is 3.20. The number of hydrogen-bond donors (Lipinski definition) is 2. The number of thioether (sulfide) groups is 1. The van der Waals surface area contributed by atoms with E-state index in [1.807, 2.05) is 6.26 Å². The van der Waals surface area contributed by atoms with E-state index in [2.05, 4.69) is 15.5 Å². The average molecular weight is 396 g/mol. The highest BCUT2D eigenvalue weighted by Gasteiger charge is 2.29. The fourth-order valence-electron chi connectivity index (χ4n) is 3.10. The van der Waals surface area contributed by atoms with Crippen LogP contribution < -0.4 is 11.1 Å². The summed E-state index contributed by atoms with van der Waals surface area (Å²) in [6, 6.07) is -0.614.